The van der Waals surface area contributed by atoms with E-state index < -0.39 is 18.3 Å². The van der Waals surface area contributed by atoms with Crippen molar-refractivity contribution in [1.29, 1.82) is 0 Å². The second-order valence-corrected chi connectivity index (χ2v) is 7.27. The van der Waals surface area contributed by atoms with Crippen LogP contribution in [0.1, 0.15) is 41.0 Å². The molecule has 1 fully saturated rings. The lowest BCUT2D eigenvalue weighted by Gasteiger charge is -2.32. The lowest BCUT2D eigenvalue weighted by molar-refractivity contribution is 0.00578. The summed E-state index contributed by atoms with van der Waals surface area (Å²) in [6.45, 7) is 12.3. The zero-order chi connectivity index (χ0) is 16.8. The summed E-state index contributed by atoms with van der Waals surface area (Å²) >= 11 is 0. The Hall–Kier alpha value is -1.27. The Morgan fingerprint density at radius 3 is 2.43 bits per heavy atom. The first-order valence-electron chi connectivity index (χ1n) is 8.32. The highest BCUT2D eigenvalue weighted by Crippen LogP contribution is 2.38. The summed E-state index contributed by atoms with van der Waals surface area (Å²) in [6.07, 6.45) is 1.00. The number of hydrogen-bond acceptors (Lipinski definition) is 4. The van der Waals surface area contributed by atoms with Gasteiger partial charge in [-0.3, -0.25) is 0 Å². The van der Waals surface area contributed by atoms with E-state index in [-0.39, 0.29) is 5.82 Å². The van der Waals surface area contributed by atoms with Gasteiger partial charge < -0.3 is 18.9 Å². The normalized spacial score (nSPS) is 22.0. The van der Waals surface area contributed by atoms with Gasteiger partial charge in [-0.25, -0.2) is 4.39 Å². The van der Waals surface area contributed by atoms with Crippen molar-refractivity contribution in [3.8, 4) is 5.75 Å². The molecule has 1 aromatic carbocycles. The fourth-order valence-corrected chi connectivity index (χ4v) is 2.97. The molecule has 4 nitrogen and oxygen atoms in total. The maximum Gasteiger partial charge on any atom is 0.495 e. The van der Waals surface area contributed by atoms with Crippen molar-refractivity contribution in [2.75, 3.05) is 24.6 Å². The molecule has 0 bridgehead atoms. The number of fused-ring (bicyclic) bond motifs is 1. The molecule has 0 spiro atoms. The quantitative estimate of drug-likeness (QED) is 0.801. The van der Waals surface area contributed by atoms with E-state index in [0.29, 0.717) is 17.8 Å². The van der Waals surface area contributed by atoms with Crippen molar-refractivity contribution >= 4 is 18.3 Å². The fraction of sp³-hybridized carbons (Fsp3) is 0.647. The van der Waals surface area contributed by atoms with E-state index in [2.05, 4.69) is 11.8 Å². The summed E-state index contributed by atoms with van der Waals surface area (Å²) < 4.78 is 32.1. The highest BCUT2D eigenvalue weighted by atomic mass is 19.1. The standard InChI is InChI=1S/C17H25BFNO3/c1-6-7-20-8-9-21-15-13(19)10-12(11-14(15)20)18-22-16(2,3)17(4,5)23-18/h10-11H,6-9H2,1-5H3. The van der Waals surface area contributed by atoms with E-state index in [4.69, 9.17) is 14.0 Å². The van der Waals surface area contributed by atoms with Crippen molar-refractivity contribution in [3.63, 3.8) is 0 Å². The first-order chi connectivity index (χ1) is 10.7. The highest BCUT2D eigenvalue weighted by Gasteiger charge is 2.52. The first kappa shape index (κ1) is 16.6. The van der Waals surface area contributed by atoms with Crippen LogP contribution in [0.2, 0.25) is 0 Å². The number of hydrogen-bond donors (Lipinski definition) is 0. The van der Waals surface area contributed by atoms with Crippen molar-refractivity contribution in [2.24, 2.45) is 0 Å². The maximum atomic E-state index is 14.5. The molecule has 2 heterocycles. The Balaban J connectivity index is 1.96. The summed E-state index contributed by atoms with van der Waals surface area (Å²) in [7, 11) is -0.565. The third-order valence-corrected chi connectivity index (χ3v) is 5.01. The maximum absolute atomic E-state index is 14.5. The smallest absolute Gasteiger partial charge is 0.486 e. The Labute approximate surface area is 138 Å². The Bertz CT molecular complexity index is 590. The average Bonchev–Trinajstić information content (AvgIpc) is 2.68. The van der Waals surface area contributed by atoms with E-state index in [9.17, 15) is 4.39 Å². The third-order valence-electron chi connectivity index (χ3n) is 5.01. The lowest BCUT2D eigenvalue weighted by atomic mass is 9.78. The van der Waals surface area contributed by atoms with Crippen LogP contribution < -0.4 is 15.1 Å². The Kier molecular flexibility index (Phi) is 4.09. The largest absolute Gasteiger partial charge is 0.495 e. The van der Waals surface area contributed by atoms with Crippen LogP contribution in [0.15, 0.2) is 12.1 Å². The number of benzene rings is 1. The van der Waals surface area contributed by atoms with Gasteiger partial charge >= 0.3 is 7.12 Å². The van der Waals surface area contributed by atoms with Crippen LogP contribution in [-0.2, 0) is 9.31 Å². The van der Waals surface area contributed by atoms with Crippen molar-refractivity contribution in [1.82, 2.24) is 0 Å². The van der Waals surface area contributed by atoms with E-state index in [0.717, 1.165) is 25.2 Å². The average molecular weight is 321 g/mol. The number of ether oxygens (including phenoxy) is 1. The molecule has 0 amide bonds. The van der Waals surface area contributed by atoms with Crippen LogP contribution in [0.5, 0.6) is 5.75 Å². The van der Waals surface area contributed by atoms with Crippen molar-refractivity contribution in [2.45, 2.75) is 52.2 Å². The van der Waals surface area contributed by atoms with E-state index in [1.807, 2.05) is 33.8 Å². The van der Waals surface area contributed by atoms with Gasteiger partial charge in [0, 0.05) is 6.54 Å². The van der Waals surface area contributed by atoms with Crippen LogP contribution in [0.25, 0.3) is 0 Å². The molecule has 1 aromatic rings. The number of rotatable bonds is 3. The molecule has 6 heteroatoms. The summed E-state index contributed by atoms with van der Waals surface area (Å²) in [5.74, 6) is -0.0158. The van der Waals surface area contributed by atoms with E-state index >= 15 is 0 Å². The van der Waals surface area contributed by atoms with Gasteiger partial charge in [0.05, 0.1) is 23.4 Å². The van der Waals surface area contributed by atoms with Crippen LogP contribution in [0.4, 0.5) is 10.1 Å². The molecule has 0 radical (unpaired) electrons. The number of halogens is 1. The topological polar surface area (TPSA) is 30.9 Å². The minimum absolute atomic E-state index is 0.338. The number of anilines is 1. The van der Waals surface area contributed by atoms with Crippen LogP contribution in [0, 0.1) is 5.82 Å². The van der Waals surface area contributed by atoms with Crippen molar-refractivity contribution in [3.05, 3.63) is 17.9 Å². The zero-order valence-electron chi connectivity index (χ0n) is 14.6. The van der Waals surface area contributed by atoms with Crippen molar-refractivity contribution < 1.29 is 18.4 Å². The minimum atomic E-state index is -0.565. The number of nitrogens with zero attached hydrogens (tertiary/aromatic N) is 1. The molecule has 0 aliphatic carbocycles. The van der Waals surface area contributed by atoms with Crippen LogP contribution in [0.3, 0.4) is 0 Å². The predicted molar refractivity (Wildman–Crippen MR) is 90.1 cm³/mol. The Morgan fingerprint density at radius 2 is 1.83 bits per heavy atom. The van der Waals surface area contributed by atoms with E-state index in [1.54, 1.807) is 0 Å². The SMILES string of the molecule is CCCN1CCOc2c(F)cc(B3OC(C)(C)C(C)(C)O3)cc21. The molecule has 0 unspecified atom stereocenters. The minimum Gasteiger partial charge on any atom is -0.486 e. The fourth-order valence-electron chi connectivity index (χ4n) is 2.97. The Morgan fingerprint density at radius 1 is 1.17 bits per heavy atom. The summed E-state index contributed by atoms with van der Waals surface area (Å²) in [6, 6.07) is 3.41. The molecule has 0 aromatic heterocycles. The first-order valence-corrected chi connectivity index (χ1v) is 8.32. The van der Waals surface area contributed by atoms with Crippen LogP contribution in [-0.4, -0.2) is 38.0 Å². The van der Waals surface area contributed by atoms with Gasteiger partial charge in [0.1, 0.15) is 6.61 Å². The molecule has 2 aliphatic heterocycles. The van der Waals surface area contributed by atoms with Gasteiger partial charge in [-0.15, -0.1) is 0 Å². The van der Waals surface area contributed by atoms with Gasteiger partial charge in [0.2, 0.25) is 0 Å². The summed E-state index contributed by atoms with van der Waals surface area (Å²) in [5.41, 5.74) is 0.613. The van der Waals surface area contributed by atoms with Gasteiger partial charge in [0.25, 0.3) is 0 Å². The molecule has 0 saturated carbocycles. The van der Waals surface area contributed by atoms with Gasteiger partial charge in [-0.05, 0) is 51.7 Å². The molecule has 126 valence electrons. The van der Waals surface area contributed by atoms with Gasteiger partial charge in [-0.1, -0.05) is 6.92 Å². The highest BCUT2D eigenvalue weighted by molar-refractivity contribution is 6.62. The lowest BCUT2D eigenvalue weighted by Crippen LogP contribution is -2.41. The summed E-state index contributed by atoms with van der Waals surface area (Å²) in [5, 5.41) is 0. The zero-order valence-corrected chi connectivity index (χ0v) is 14.6. The molecule has 1 saturated heterocycles. The molecule has 23 heavy (non-hydrogen) atoms. The molecule has 2 aliphatic rings. The molecular formula is C17H25BFNO3. The second kappa shape index (κ2) is 5.67. The monoisotopic (exact) mass is 321 g/mol. The van der Waals surface area contributed by atoms with Gasteiger partial charge in [-0.2, -0.15) is 0 Å². The summed E-state index contributed by atoms with van der Waals surface area (Å²) in [4.78, 5) is 2.16. The molecule has 0 N–H and O–H groups in total. The second-order valence-electron chi connectivity index (χ2n) is 7.27. The van der Waals surface area contributed by atoms with E-state index in [1.165, 1.54) is 6.07 Å². The molecule has 3 rings (SSSR count). The molecule has 0 atom stereocenters. The third kappa shape index (κ3) is 2.83. The predicted octanol–water partition coefficient (Wildman–Crippen LogP) is 2.73. The van der Waals surface area contributed by atoms with Gasteiger partial charge in [0.15, 0.2) is 11.6 Å². The molecular weight excluding hydrogens is 296 g/mol. The van der Waals surface area contributed by atoms with Crippen LogP contribution >= 0.6 is 0 Å².